The summed E-state index contributed by atoms with van der Waals surface area (Å²) in [6, 6.07) is 7.11. The third-order valence-corrected chi connectivity index (χ3v) is 1.97. The number of halogens is 1. The van der Waals surface area contributed by atoms with Crippen LogP contribution in [-0.4, -0.2) is 16.8 Å². The quantitative estimate of drug-likeness (QED) is 0.642. The molecule has 0 saturated heterocycles. The van der Waals surface area contributed by atoms with E-state index in [0.717, 1.165) is 5.19 Å². The van der Waals surface area contributed by atoms with Gasteiger partial charge in [-0.25, -0.2) is 4.39 Å². The van der Waals surface area contributed by atoms with Crippen molar-refractivity contribution in [2.45, 2.75) is 13.3 Å². The fourth-order valence-corrected chi connectivity index (χ4v) is 1.22. The minimum atomic E-state index is -1.33. The van der Waals surface area contributed by atoms with E-state index >= 15 is 0 Å². The van der Waals surface area contributed by atoms with Crippen LogP contribution >= 0.6 is 0 Å². The van der Waals surface area contributed by atoms with E-state index in [0.29, 0.717) is 12.2 Å². The van der Waals surface area contributed by atoms with Crippen LogP contribution in [0.3, 0.4) is 0 Å². The van der Waals surface area contributed by atoms with Crippen molar-refractivity contribution in [2.24, 2.45) is 0 Å². The zero-order valence-electron chi connectivity index (χ0n) is 6.88. The fourth-order valence-electron chi connectivity index (χ4n) is 0.931. The first-order valence-electron chi connectivity index (χ1n) is 3.82. The molecule has 0 N–H and O–H groups in total. The minimum Gasteiger partial charge on any atom is -0.345 e. The molecule has 1 rings (SSSR count). The van der Waals surface area contributed by atoms with Crippen LogP contribution in [0.5, 0.6) is 0 Å². The van der Waals surface area contributed by atoms with Gasteiger partial charge in [0.25, 0.3) is 0 Å². The first-order chi connectivity index (χ1) is 5.75. The van der Waals surface area contributed by atoms with Gasteiger partial charge in [-0.1, -0.05) is 29.5 Å². The van der Waals surface area contributed by atoms with E-state index in [4.69, 9.17) is 4.74 Å². The molecule has 1 atom stereocenters. The van der Waals surface area contributed by atoms with Gasteiger partial charge in [-0.05, 0) is 6.92 Å². The average molecular weight is 181 g/mol. The summed E-state index contributed by atoms with van der Waals surface area (Å²) < 4.78 is 18.0. The molecule has 0 aliphatic rings. The molecule has 0 aliphatic heterocycles. The first-order valence-corrected chi connectivity index (χ1v) is 4.32. The summed E-state index contributed by atoms with van der Waals surface area (Å²) in [6.07, 6.45) is -1.33. The first kappa shape index (κ1) is 9.42. The van der Waals surface area contributed by atoms with Crippen LogP contribution in [0.2, 0.25) is 0 Å². The van der Waals surface area contributed by atoms with E-state index < -0.39 is 6.36 Å². The van der Waals surface area contributed by atoms with Gasteiger partial charge in [0.05, 0.1) is 10.2 Å². The topological polar surface area (TPSA) is 9.23 Å². The van der Waals surface area contributed by atoms with Gasteiger partial charge in [0.15, 0.2) is 0 Å². The van der Waals surface area contributed by atoms with Crippen molar-refractivity contribution in [3.05, 3.63) is 29.8 Å². The van der Waals surface area contributed by atoms with Crippen molar-refractivity contribution >= 4 is 15.4 Å². The lowest BCUT2D eigenvalue weighted by atomic mass is 10.2. The largest absolute Gasteiger partial charge is 0.345 e. The van der Waals surface area contributed by atoms with Gasteiger partial charge >= 0.3 is 0 Å². The fraction of sp³-hybridized carbons (Fsp3) is 0.333. The Balaban J connectivity index is 2.79. The van der Waals surface area contributed by atoms with E-state index in [9.17, 15) is 4.39 Å². The highest BCUT2D eigenvalue weighted by molar-refractivity contribution is 6.33. The lowest BCUT2D eigenvalue weighted by molar-refractivity contribution is -0.0338. The Kier molecular flexibility index (Phi) is 3.43. The maximum atomic E-state index is 13.1. The highest BCUT2D eigenvalue weighted by atomic mass is 28.1. The van der Waals surface area contributed by atoms with Gasteiger partial charge in [0.1, 0.15) is 0 Å². The molecular formula is C9H10FOSi. The van der Waals surface area contributed by atoms with Crippen LogP contribution in [0.25, 0.3) is 0 Å². The molecule has 0 fully saturated rings. The predicted octanol–water partition coefficient (Wildman–Crippen LogP) is 1.48. The molecule has 1 aromatic carbocycles. The Morgan fingerprint density at radius 2 is 2.17 bits per heavy atom. The van der Waals surface area contributed by atoms with Crippen molar-refractivity contribution in [2.75, 3.05) is 6.61 Å². The lowest BCUT2D eigenvalue weighted by Crippen LogP contribution is -2.13. The molecular weight excluding hydrogens is 171 g/mol. The Labute approximate surface area is 75.0 Å². The molecule has 1 aromatic rings. The van der Waals surface area contributed by atoms with Gasteiger partial charge in [0.2, 0.25) is 6.36 Å². The zero-order valence-corrected chi connectivity index (χ0v) is 7.88. The van der Waals surface area contributed by atoms with Crippen molar-refractivity contribution < 1.29 is 9.13 Å². The molecule has 3 radical (unpaired) electrons. The average Bonchev–Trinajstić information content (AvgIpc) is 2.05. The third-order valence-electron chi connectivity index (χ3n) is 1.52. The maximum absolute atomic E-state index is 13.1. The number of rotatable bonds is 3. The highest BCUT2D eigenvalue weighted by Gasteiger charge is 2.10. The zero-order chi connectivity index (χ0) is 8.97. The summed E-state index contributed by atoms with van der Waals surface area (Å²) in [4.78, 5) is 0. The van der Waals surface area contributed by atoms with Crippen molar-refractivity contribution in [1.82, 2.24) is 0 Å². The van der Waals surface area contributed by atoms with Gasteiger partial charge in [-0.3, -0.25) is 0 Å². The Bertz CT molecular complexity index is 252. The SMILES string of the molecule is CCOC(F)c1ccccc1[Si]. The summed E-state index contributed by atoms with van der Waals surface area (Å²) in [7, 11) is 3.30. The molecule has 12 heavy (non-hydrogen) atoms. The smallest absolute Gasteiger partial charge is 0.224 e. The summed E-state index contributed by atoms with van der Waals surface area (Å²) in [6.45, 7) is 2.14. The lowest BCUT2D eigenvalue weighted by Gasteiger charge is -2.10. The second-order valence-corrected chi connectivity index (χ2v) is 2.90. The van der Waals surface area contributed by atoms with E-state index in [2.05, 4.69) is 10.2 Å². The Morgan fingerprint density at radius 1 is 1.50 bits per heavy atom. The molecule has 0 spiro atoms. The second-order valence-electron chi connectivity index (χ2n) is 2.36. The van der Waals surface area contributed by atoms with E-state index in [1.54, 1.807) is 25.1 Å². The Hall–Kier alpha value is -0.673. The summed E-state index contributed by atoms with van der Waals surface area (Å²) in [5.41, 5.74) is 0.538. The molecule has 0 bridgehead atoms. The van der Waals surface area contributed by atoms with Crippen molar-refractivity contribution in [3.63, 3.8) is 0 Å². The van der Waals surface area contributed by atoms with Crippen LogP contribution in [0, 0.1) is 0 Å². The van der Waals surface area contributed by atoms with E-state index in [1.165, 1.54) is 0 Å². The molecule has 63 valence electrons. The van der Waals surface area contributed by atoms with Crippen LogP contribution in [0.15, 0.2) is 24.3 Å². The number of hydrogen-bond donors (Lipinski definition) is 0. The Morgan fingerprint density at radius 3 is 2.75 bits per heavy atom. The number of alkyl halides is 1. The second kappa shape index (κ2) is 4.38. The summed E-state index contributed by atoms with van der Waals surface area (Å²) in [5, 5.41) is 0.735. The standard InChI is InChI=1S/C9H10FOSi/c1-2-11-9(10)7-5-3-4-6-8(7)12/h3-6,9H,2H2,1H3. The number of hydrogen-bond acceptors (Lipinski definition) is 1. The monoisotopic (exact) mass is 181 g/mol. The molecule has 0 saturated carbocycles. The normalized spacial score (nSPS) is 12.9. The van der Waals surface area contributed by atoms with Gasteiger partial charge in [-0.2, -0.15) is 0 Å². The maximum Gasteiger partial charge on any atom is 0.224 e. The van der Waals surface area contributed by atoms with Crippen LogP contribution in [0.4, 0.5) is 4.39 Å². The van der Waals surface area contributed by atoms with Gasteiger partial charge < -0.3 is 4.74 Å². The predicted molar refractivity (Wildman–Crippen MR) is 47.3 cm³/mol. The molecule has 0 heterocycles. The van der Waals surface area contributed by atoms with Gasteiger partial charge in [-0.15, -0.1) is 0 Å². The van der Waals surface area contributed by atoms with Crippen LogP contribution in [-0.2, 0) is 4.74 Å². The van der Waals surface area contributed by atoms with Crippen molar-refractivity contribution in [1.29, 1.82) is 0 Å². The molecule has 1 unspecified atom stereocenters. The third kappa shape index (κ3) is 2.15. The highest BCUT2D eigenvalue weighted by Crippen LogP contribution is 2.15. The van der Waals surface area contributed by atoms with E-state index in [1.807, 2.05) is 6.07 Å². The van der Waals surface area contributed by atoms with E-state index in [-0.39, 0.29) is 0 Å². The van der Waals surface area contributed by atoms with Gasteiger partial charge in [0, 0.05) is 12.2 Å². The molecule has 1 nitrogen and oxygen atoms in total. The molecule has 3 heteroatoms. The number of ether oxygens (including phenoxy) is 1. The molecule has 0 aliphatic carbocycles. The molecule has 0 amide bonds. The van der Waals surface area contributed by atoms with Crippen LogP contribution in [0.1, 0.15) is 18.8 Å². The van der Waals surface area contributed by atoms with Crippen molar-refractivity contribution in [3.8, 4) is 0 Å². The summed E-state index contributed by atoms with van der Waals surface area (Å²) in [5.74, 6) is 0. The minimum absolute atomic E-state index is 0.377. The number of benzene rings is 1. The molecule has 0 aromatic heterocycles. The van der Waals surface area contributed by atoms with Crippen LogP contribution < -0.4 is 5.19 Å². The summed E-state index contributed by atoms with van der Waals surface area (Å²) >= 11 is 0.